The van der Waals surface area contributed by atoms with Gasteiger partial charge in [-0.25, -0.2) is 0 Å². The second kappa shape index (κ2) is 8.46. The van der Waals surface area contributed by atoms with Gasteiger partial charge in [0.2, 0.25) is 11.8 Å². The third-order valence-electron chi connectivity index (χ3n) is 5.93. The number of carbonyl (C=O) groups is 2. The third kappa shape index (κ3) is 4.25. The average Bonchev–Trinajstić information content (AvgIpc) is 3.11. The Morgan fingerprint density at radius 2 is 1.69 bits per heavy atom. The Labute approximate surface area is 176 Å². The summed E-state index contributed by atoms with van der Waals surface area (Å²) in [7, 11) is 0. The van der Waals surface area contributed by atoms with Crippen molar-refractivity contribution in [1.82, 2.24) is 0 Å². The van der Waals surface area contributed by atoms with E-state index in [4.69, 9.17) is 11.6 Å². The first-order valence-corrected chi connectivity index (χ1v) is 10.6. The molecule has 0 radical (unpaired) electrons. The fourth-order valence-electron chi connectivity index (χ4n) is 4.13. The van der Waals surface area contributed by atoms with Gasteiger partial charge in [-0.2, -0.15) is 0 Å². The van der Waals surface area contributed by atoms with E-state index >= 15 is 0 Å². The standard InChI is InChI=1S/C23H26ClN3O2/c1-16-10-12-26(13-11-16)21-9-5-3-7-19(21)25-23(29)17-14-22(28)27(15-17)20-8-4-2-6-18(20)24/h2-9,16-17H,10-15H2,1H3,(H,25,29)/t17-/m0/s1. The first-order chi connectivity index (χ1) is 14.0. The average molecular weight is 412 g/mol. The normalized spacial score (nSPS) is 20.2. The number of halogens is 1. The van der Waals surface area contributed by atoms with E-state index in [1.54, 1.807) is 11.0 Å². The van der Waals surface area contributed by atoms with E-state index in [0.29, 0.717) is 17.3 Å². The maximum atomic E-state index is 13.0. The molecule has 0 aliphatic carbocycles. The second-order valence-corrected chi connectivity index (χ2v) is 8.44. The summed E-state index contributed by atoms with van der Waals surface area (Å²) in [5.41, 5.74) is 2.54. The van der Waals surface area contributed by atoms with Gasteiger partial charge in [0.15, 0.2) is 0 Å². The minimum atomic E-state index is -0.395. The van der Waals surface area contributed by atoms with Gasteiger partial charge >= 0.3 is 0 Å². The number of para-hydroxylation sites is 3. The molecule has 1 atom stereocenters. The van der Waals surface area contributed by atoms with Gasteiger partial charge in [0.05, 0.1) is 28.0 Å². The van der Waals surface area contributed by atoms with Crippen molar-refractivity contribution >= 4 is 40.5 Å². The lowest BCUT2D eigenvalue weighted by molar-refractivity contribution is -0.122. The van der Waals surface area contributed by atoms with Crippen LogP contribution in [0, 0.1) is 11.8 Å². The van der Waals surface area contributed by atoms with Gasteiger partial charge < -0.3 is 15.1 Å². The van der Waals surface area contributed by atoms with E-state index < -0.39 is 5.92 Å². The fraction of sp³-hybridized carbons (Fsp3) is 0.391. The van der Waals surface area contributed by atoms with Crippen LogP contribution in [0.2, 0.25) is 5.02 Å². The van der Waals surface area contributed by atoms with Crippen molar-refractivity contribution in [1.29, 1.82) is 0 Å². The number of nitrogens with zero attached hydrogens (tertiary/aromatic N) is 2. The smallest absolute Gasteiger partial charge is 0.229 e. The third-order valence-corrected chi connectivity index (χ3v) is 6.24. The topological polar surface area (TPSA) is 52.7 Å². The van der Waals surface area contributed by atoms with Crippen molar-refractivity contribution in [2.24, 2.45) is 11.8 Å². The van der Waals surface area contributed by atoms with Gasteiger partial charge in [0.1, 0.15) is 0 Å². The molecule has 1 N–H and O–H groups in total. The van der Waals surface area contributed by atoms with E-state index in [-0.39, 0.29) is 18.2 Å². The summed E-state index contributed by atoms with van der Waals surface area (Å²) in [4.78, 5) is 29.4. The van der Waals surface area contributed by atoms with E-state index in [1.165, 1.54) is 0 Å². The quantitative estimate of drug-likeness (QED) is 0.801. The molecule has 6 heteroatoms. The molecule has 2 aliphatic heterocycles. The molecule has 2 saturated heterocycles. The van der Waals surface area contributed by atoms with Crippen LogP contribution in [0.4, 0.5) is 17.1 Å². The number of hydrogen-bond acceptors (Lipinski definition) is 3. The highest BCUT2D eigenvalue weighted by Gasteiger charge is 2.36. The van der Waals surface area contributed by atoms with Crippen LogP contribution < -0.4 is 15.1 Å². The van der Waals surface area contributed by atoms with Crippen LogP contribution in [0.25, 0.3) is 0 Å². The highest BCUT2D eigenvalue weighted by Crippen LogP contribution is 2.33. The maximum absolute atomic E-state index is 13.0. The molecule has 2 aliphatic rings. The lowest BCUT2D eigenvalue weighted by Gasteiger charge is -2.33. The van der Waals surface area contributed by atoms with Crippen LogP contribution in [0.5, 0.6) is 0 Å². The Morgan fingerprint density at radius 1 is 1.03 bits per heavy atom. The van der Waals surface area contributed by atoms with Gasteiger partial charge in [0, 0.05) is 26.1 Å². The van der Waals surface area contributed by atoms with Crippen molar-refractivity contribution in [3.63, 3.8) is 0 Å². The first-order valence-electron chi connectivity index (χ1n) is 10.2. The first kappa shape index (κ1) is 19.8. The number of hydrogen-bond donors (Lipinski definition) is 1. The number of nitrogens with one attached hydrogen (secondary N) is 1. The van der Waals surface area contributed by atoms with Crippen molar-refractivity contribution in [2.45, 2.75) is 26.2 Å². The largest absolute Gasteiger partial charge is 0.370 e. The van der Waals surface area contributed by atoms with E-state index in [0.717, 1.165) is 43.2 Å². The minimum absolute atomic E-state index is 0.0726. The molecule has 2 amide bonds. The molecule has 0 saturated carbocycles. The van der Waals surface area contributed by atoms with Crippen LogP contribution in [0.15, 0.2) is 48.5 Å². The zero-order valence-corrected chi connectivity index (χ0v) is 17.4. The van der Waals surface area contributed by atoms with E-state index in [9.17, 15) is 9.59 Å². The maximum Gasteiger partial charge on any atom is 0.229 e. The molecule has 0 aromatic heterocycles. The van der Waals surface area contributed by atoms with Gasteiger partial charge in [-0.3, -0.25) is 9.59 Å². The molecule has 152 valence electrons. The molecule has 5 nitrogen and oxygen atoms in total. The molecule has 0 unspecified atom stereocenters. The summed E-state index contributed by atoms with van der Waals surface area (Å²) >= 11 is 6.24. The summed E-state index contributed by atoms with van der Waals surface area (Å²) in [6.07, 6.45) is 2.51. The Kier molecular flexibility index (Phi) is 5.76. The molecule has 0 bridgehead atoms. The second-order valence-electron chi connectivity index (χ2n) is 8.03. The summed E-state index contributed by atoms with van der Waals surface area (Å²) < 4.78 is 0. The zero-order chi connectivity index (χ0) is 20.4. The Bertz CT molecular complexity index is 909. The van der Waals surface area contributed by atoms with Crippen molar-refractivity contribution in [3.8, 4) is 0 Å². The number of benzene rings is 2. The summed E-state index contributed by atoms with van der Waals surface area (Å²) in [6.45, 7) is 4.62. The fourth-order valence-corrected chi connectivity index (χ4v) is 4.36. The summed E-state index contributed by atoms with van der Waals surface area (Å²) in [5.74, 6) is 0.156. The van der Waals surface area contributed by atoms with Crippen LogP contribution in [-0.4, -0.2) is 31.4 Å². The van der Waals surface area contributed by atoms with Crippen molar-refractivity contribution in [2.75, 3.05) is 34.8 Å². The molecule has 2 aromatic rings. The monoisotopic (exact) mass is 411 g/mol. The molecule has 2 fully saturated rings. The number of rotatable bonds is 4. The number of piperidine rings is 1. The zero-order valence-electron chi connectivity index (χ0n) is 16.6. The Balaban J connectivity index is 1.47. The predicted octanol–water partition coefficient (Wildman–Crippen LogP) is 4.57. The molecule has 0 spiro atoms. The lowest BCUT2D eigenvalue weighted by atomic mass is 9.98. The van der Waals surface area contributed by atoms with Gasteiger partial charge in [-0.05, 0) is 43.0 Å². The minimum Gasteiger partial charge on any atom is -0.370 e. The molecular weight excluding hydrogens is 386 g/mol. The SMILES string of the molecule is CC1CCN(c2ccccc2NC(=O)[C@H]2CC(=O)N(c3ccccc3Cl)C2)CC1. The summed E-state index contributed by atoms with van der Waals surface area (Å²) in [5, 5.41) is 3.60. The van der Waals surface area contributed by atoms with E-state index in [1.807, 2.05) is 36.4 Å². The van der Waals surface area contributed by atoms with Gasteiger partial charge in [-0.15, -0.1) is 0 Å². The van der Waals surface area contributed by atoms with Gasteiger partial charge in [-0.1, -0.05) is 42.8 Å². The van der Waals surface area contributed by atoms with Crippen LogP contribution in [0.3, 0.4) is 0 Å². The molecular formula is C23H26ClN3O2. The summed E-state index contributed by atoms with van der Waals surface area (Å²) in [6, 6.07) is 15.2. The molecule has 4 rings (SSSR count). The van der Waals surface area contributed by atoms with Crippen molar-refractivity contribution < 1.29 is 9.59 Å². The van der Waals surface area contributed by atoms with Crippen molar-refractivity contribution in [3.05, 3.63) is 53.6 Å². The highest BCUT2D eigenvalue weighted by molar-refractivity contribution is 6.33. The predicted molar refractivity (Wildman–Crippen MR) is 118 cm³/mol. The van der Waals surface area contributed by atoms with Crippen LogP contribution in [0.1, 0.15) is 26.2 Å². The number of anilines is 3. The molecule has 2 aromatic carbocycles. The van der Waals surface area contributed by atoms with E-state index in [2.05, 4.69) is 23.2 Å². The van der Waals surface area contributed by atoms with Crippen LogP contribution in [-0.2, 0) is 9.59 Å². The molecule has 29 heavy (non-hydrogen) atoms. The number of amides is 2. The number of carbonyl (C=O) groups excluding carboxylic acids is 2. The molecule has 2 heterocycles. The Hall–Kier alpha value is -2.53. The Morgan fingerprint density at radius 3 is 2.41 bits per heavy atom. The lowest BCUT2D eigenvalue weighted by Crippen LogP contribution is -2.34. The van der Waals surface area contributed by atoms with Gasteiger partial charge in [0.25, 0.3) is 0 Å². The van der Waals surface area contributed by atoms with Crippen LogP contribution >= 0.6 is 11.6 Å². The highest BCUT2D eigenvalue weighted by atomic mass is 35.5.